The first-order valence-corrected chi connectivity index (χ1v) is 4.72. The van der Waals surface area contributed by atoms with Crippen LogP contribution in [0.2, 0.25) is 0 Å². The fourth-order valence-corrected chi connectivity index (χ4v) is 1.21. The number of nitrogens with one attached hydrogen (secondary N) is 1. The molecule has 1 rings (SSSR count). The van der Waals surface area contributed by atoms with Crippen molar-refractivity contribution in [2.24, 2.45) is 0 Å². The van der Waals surface area contributed by atoms with E-state index in [2.05, 4.69) is 5.32 Å². The highest BCUT2D eigenvalue weighted by Crippen LogP contribution is 2.05. The van der Waals surface area contributed by atoms with Gasteiger partial charge in [0.15, 0.2) is 0 Å². The summed E-state index contributed by atoms with van der Waals surface area (Å²) in [5.74, 6) is -0.162. The maximum Gasteiger partial charge on any atom is 0.126 e. The highest BCUT2D eigenvalue weighted by molar-refractivity contribution is 5.49. The SMILES string of the molecule is O=CCCNCCc1ccccc1F. The lowest BCUT2D eigenvalue weighted by Crippen LogP contribution is -2.19. The molecule has 1 aromatic rings. The van der Waals surface area contributed by atoms with Gasteiger partial charge in [-0.05, 0) is 24.6 Å². The van der Waals surface area contributed by atoms with Gasteiger partial charge >= 0.3 is 0 Å². The molecule has 0 radical (unpaired) electrons. The molecule has 0 bridgehead atoms. The molecule has 2 nitrogen and oxygen atoms in total. The zero-order valence-electron chi connectivity index (χ0n) is 8.00. The van der Waals surface area contributed by atoms with Crippen molar-refractivity contribution in [3.63, 3.8) is 0 Å². The second-order valence-electron chi connectivity index (χ2n) is 3.05. The lowest BCUT2D eigenvalue weighted by molar-refractivity contribution is -0.107. The molecule has 0 aliphatic heterocycles. The van der Waals surface area contributed by atoms with Gasteiger partial charge in [0, 0.05) is 13.0 Å². The number of carbonyl (C=O) groups is 1. The summed E-state index contributed by atoms with van der Waals surface area (Å²) in [5.41, 5.74) is 0.714. The van der Waals surface area contributed by atoms with Crippen molar-refractivity contribution in [3.05, 3.63) is 35.6 Å². The Hall–Kier alpha value is -1.22. The molecule has 0 spiro atoms. The predicted molar refractivity (Wildman–Crippen MR) is 53.7 cm³/mol. The van der Waals surface area contributed by atoms with Crippen molar-refractivity contribution < 1.29 is 9.18 Å². The van der Waals surface area contributed by atoms with Gasteiger partial charge in [-0.1, -0.05) is 18.2 Å². The molecule has 0 aliphatic rings. The molecule has 0 heterocycles. The lowest BCUT2D eigenvalue weighted by atomic mass is 10.1. The normalized spacial score (nSPS) is 10.1. The second kappa shape index (κ2) is 6.27. The molecule has 0 fully saturated rings. The Morgan fingerprint density at radius 3 is 2.79 bits per heavy atom. The van der Waals surface area contributed by atoms with Crippen LogP contribution in [-0.2, 0) is 11.2 Å². The molecule has 1 aromatic carbocycles. The van der Waals surface area contributed by atoms with Crippen molar-refractivity contribution in [1.29, 1.82) is 0 Å². The molecule has 14 heavy (non-hydrogen) atoms. The Labute approximate surface area is 83.1 Å². The van der Waals surface area contributed by atoms with Crippen LogP contribution in [0.3, 0.4) is 0 Å². The van der Waals surface area contributed by atoms with Crippen LogP contribution in [0.25, 0.3) is 0 Å². The third kappa shape index (κ3) is 3.66. The lowest BCUT2D eigenvalue weighted by Gasteiger charge is -2.03. The fourth-order valence-electron chi connectivity index (χ4n) is 1.21. The smallest absolute Gasteiger partial charge is 0.126 e. The third-order valence-electron chi connectivity index (χ3n) is 1.97. The standard InChI is InChI=1S/C11H14FNO/c12-11-5-2-1-4-10(11)6-8-13-7-3-9-14/h1-2,4-5,9,13H,3,6-8H2. The van der Waals surface area contributed by atoms with E-state index in [9.17, 15) is 9.18 Å². The summed E-state index contributed by atoms with van der Waals surface area (Å²) in [6.07, 6.45) is 2.04. The molecule has 0 aliphatic carbocycles. The van der Waals surface area contributed by atoms with Crippen molar-refractivity contribution in [2.45, 2.75) is 12.8 Å². The van der Waals surface area contributed by atoms with Crippen LogP contribution >= 0.6 is 0 Å². The average molecular weight is 195 g/mol. The molecule has 0 aromatic heterocycles. The Balaban J connectivity index is 2.24. The van der Waals surface area contributed by atoms with Gasteiger partial charge in [0.2, 0.25) is 0 Å². The minimum Gasteiger partial charge on any atom is -0.316 e. The quantitative estimate of drug-likeness (QED) is 0.551. The number of aldehydes is 1. The van der Waals surface area contributed by atoms with E-state index in [4.69, 9.17) is 0 Å². The first kappa shape index (κ1) is 10.9. The average Bonchev–Trinajstić information content (AvgIpc) is 2.20. The number of hydrogen-bond donors (Lipinski definition) is 1. The highest BCUT2D eigenvalue weighted by Gasteiger charge is 1.98. The van der Waals surface area contributed by atoms with Gasteiger partial charge in [-0.25, -0.2) is 4.39 Å². The summed E-state index contributed by atoms with van der Waals surface area (Å²) < 4.78 is 13.1. The molecule has 3 heteroatoms. The van der Waals surface area contributed by atoms with Crippen molar-refractivity contribution in [3.8, 4) is 0 Å². The Kier molecular flexibility index (Phi) is 4.86. The van der Waals surface area contributed by atoms with Gasteiger partial charge in [-0.15, -0.1) is 0 Å². The first-order chi connectivity index (χ1) is 6.84. The molecule has 1 N–H and O–H groups in total. The number of rotatable bonds is 6. The van der Waals surface area contributed by atoms with Crippen LogP contribution in [0.1, 0.15) is 12.0 Å². The Morgan fingerprint density at radius 2 is 2.07 bits per heavy atom. The molecule has 0 amide bonds. The van der Waals surface area contributed by atoms with Gasteiger partial charge in [-0.2, -0.15) is 0 Å². The van der Waals surface area contributed by atoms with Crippen molar-refractivity contribution in [1.82, 2.24) is 5.32 Å². The maximum absolute atomic E-state index is 13.1. The minimum absolute atomic E-state index is 0.162. The number of hydrogen-bond acceptors (Lipinski definition) is 2. The van der Waals surface area contributed by atoms with Crippen LogP contribution in [0.15, 0.2) is 24.3 Å². The van der Waals surface area contributed by atoms with Crippen LogP contribution in [0.5, 0.6) is 0 Å². The van der Waals surface area contributed by atoms with E-state index in [0.717, 1.165) is 6.29 Å². The van der Waals surface area contributed by atoms with E-state index in [1.807, 2.05) is 6.07 Å². The molecular weight excluding hydrogens is 181 g/mol. The van der Waals surface area contributed by atoms with Gasteiger partial charge < -0.3 is 10.1 Å². The largest absolute Gasteiger partial charge is 0.316 e. The fraction of sp³-hybridized carbons (Fsp3) is 0.364. The highest BCUT2D eigenvalue weighted by atomic mass is 19.1. The zero-order valence-corrected chi connectivity index (χ0v) is 8.00. The van der Waals surface area contributed by atoms with Crippen LogP contribution in [-0.4, -0.2) is 19.4 Å². The summed E-state index contributed by atoms with van der Waals surface area (Å²) in [6.45, 7) is 1.37. The predicted octanol–water partition coefficient (Wildman–Crippen LogP) is 1.55. The summed E-state index contributed by atoms with van der Waals surface area (Å²) >= 11 is 0. The number of benzene rings is 1. The molecular formula is C11H14FNO. The second-order valence-corrected chi connectivity index (χ2v) is 3.05. The van der Waals surface area contributed by atoms with E-state index in [1.54, 1.807) is 12.1 Å². The topological polar surface area (TPSA) is 29.1 Å². The van der Waals surface area contributed by atoms with E-state index in [1.165, 1.54) is 6.07 Å². The first-order valence-electron chi connectivity index (χ1n) is 4.72. The number of carbonyl (C=O) groups excluding carboxylic acids is 1. The third-order valence-corrected chi connectivity index (χ3v) is 1.97. The minimum atomic E-state index is -0.162. The van der Waals surface area contributed by atoms with Crippen LogP contribution in [0, 0.1) is 5.82 Å². The zero-order chi connectivity index (χ0) is 10.2. The van der Waals surface area contributed by atoms with E-state index in [-0.39, 0.29) is 5.82 Å². The van der Waals surface area contributed by atoms with Gasteiger partial charge in [0.25, 0.3) is 0 Å². The molecule has 0 unspecified atom stereocenters. The van der Waals surface area contributed by atoms with Gasteiger partial charge in [0.05, 0.1) is 0 Å². The Morgan fingerprint density at radius 1 is 1.29 bits per heavy atom. The summed E-state index contributed by atoms with van der Waals surface area (Å²) in [6, 6.07) is 6.74. The van der Waals surface area contributed by atoms with E-state index >= 15 is 0 Å². The van der Waals surface area contributed by atoms with Gasteiger partial charge in [0.1, 0.15) is 12.1 Å². The van der Waals surface area contributed by atoms with Crippen LogP contribution < -0.4 is 5.32 Å². The summed E-state index contributed by atoms with van der Waals surface area (Å²) in [4.78, 5) is 9.99. The summed E-state index contributed by atoms with van der Waals surface area (Å²) in [7, 11) is 0. The molecule has 76 valence electrons. The van der Waals surface area contributed by atoms with Crippen molar-refractivity contribution in [2.75, 3.05) is 13.1 Å². The van der Waals surface area contributed by atoms with Crippen LogP contribution in [0.4, 0.5) is 4.39 Å². The maximum atomic E-state index is 13.1. The van der Waals surface area contributed by atoms with E-state index < -0.39 is 0 Å². The Bertz CT molecular complexity index is 288. The summed E-state index contributed by atoms with van der Waals surface area (Å²) in [5, 5.41) is 3.06. The molecule has 0 saturated carbocycles. The van der Waals surface area contributed by atoms with Crippen molar-refractivity contribution >= 4 is 6.29 Å². The molecule has 0 saturated heterocycles. The van der Waals surface area contributed by atoms with Gasteiger partial charge in [-0.3, -0.25) is 0 Å². The monoisotopic (exact) mass is 195 g/mol. The van der Waals surface area contributed by atoms with E-state index in [0.29, 0.717) is 31.5 Å². The number of halogens is 1. The molecule has 0 atom stereocenters.